The Labute approximate surface area is 77.6 Å². The molecule has 0 fully saturated rings. The average Bonchev–Trinajstić information content (AvgIpc) is 2.09. The van der Waals surface area contributed by atoms with Gasteiger partial charge in [0, 0.05) is 5.02 Å². The average molecular weight is 183 g/mol. The summed E-state index contributed by atoms with van der Waals surface area (Å²) in [4.78, 5) is 0. The molecule has 0 saturated carbocycles. The van der Waals surface area contributed by atoms with Crippen LogP contribution in [0.1, 0.15) is 5.56 Å². The van der Waals surface area contributed by atoms with Gasteiger partial charge in [0.1, 0.15) is 0 Å². The maximum absolute atomic E-state index is 5.72. The Balaban J connectivity index is 2.42. The van der Waals surface area contributed by atoms with E-state index in [0.29, 0.717) is 13.2 Å². The van der Waals surface area contributed by atoms with Gasteiger partial charge >= 0.3 is 0 Å². The van der Waals surface area contributed by atoms with Gasteiger partial charge in [-0.05, 0) is 17.7 Å². The molecule has 0 unspecified atom stereocenters. The number of rotatable bonds is 4. The lowest BCUT2D eigenvalue weighted by molar-refractivity contribution is 0.149. The maximum Gasteiger partial charge on any atom is 0.0721 e. The van der Waals surface area contributed by atoms with Crippen LogP contribution < -0.4 is 0 Å². The molecule has 1 rings (SSSR count). The van der Waals surface area contributed by atoms with Gasteiger partial charge in [-0.1, -0.05) is 29.8 Å². The summed E-state index contributed by atoms with van der Waals surface area (Å²) < 4.78 is 5.25. The van der Waals surface area contributed by atoms with Gasteiger partial charge in [0.15, 0.2) is 0 Å². The molecule has 0 amide bonds. The second-order valence-electron chi connectivity index (χ2n) is 2.43. The summed E-state index contributed by atoms with van der Waals surface area (Å²) in [6, 6.07) is 7.61. The van der Waals surface area contributed by atoms with Crippen molar-refractivity contribution in [2.24, 2.45) is 0 Å². The molecule has 0 radical (unpaired) electrons. The van der Waals surface area contributed by atoms with Gasteiger partial charge in [0.2, 0.25) is 0 Å². The van der Waals surface area contributed by atoms with Gasteiger partial charge in [-0.15, -0.1) is 6.58 Å². The first-order chi connectivity index (χ1) is 5.83. The minimum Gasteiger partial charge on any atom is -0.373 e. The lowest BCUT2D eigenvalue weighted by Crippen LogP contribution is -1.91. The summed E-state index contributed by atoms with van der Waals surface area (Å²) in [5.74, 6) is 0. The van der Waals surface area contributed by atoms with Crippen LogP contribution in [0.2, 0.25) is 5.02 Å². The van der Waals surface area contributed by atoms with Gasteiger partial charge in [-0.25, -0.2) is 0 Å². The Morgan fingerprint density at radius 2 is 2.00 bits per heavy atom. The summed E-state index contributed by atoms with van der Waals surface area (Å²) in [7, 11) is 0. The van der Waals surface area contributed by atoms with Crippen molar-refractivity contribution in [2.45, 2.75) is 6.61 Å². The molecule has 0 saturated heterocycles. The molecule has 0 bridgehead atoms. The molecule has 0 atom stereocenters. The first-order valence-corrected chi connectivity index (χ1v) is 4.14. The van der Waals surface area contributed by atoms with Crippen molar-refractivity contribution in [3.8, 4) is 0 Å². The zero-order valence-corrected chi connectivity index (χ0v) is 7.55. The van der Waals surface area contributed by atoms with Crippen LogP contribution in [0.25, 0.3) is 0 Å². The highest BCUT2D eigenvalue weighted by Crippen LogP contribution is 2.09. The first kappa shape index (κ1) is 9.30. The van der Waals surface area contributed by atoms with E-state index in [2.05, 4.69) is 6.58 Å². The summed E-state index contributed by atoms with van der Waals surface area (Å²) in [5, 5.41) is 0.752. The lowest BCUT2D eigenvalue weighted by Gasteiger charge is -2.00. The minimum absolute atomic E-state index is 0.586. The SMILES string of the molecule is C=CCOCc1ccc(Cl)cc1. The van der Waals surface area contributed by atoms with Crippen molar-refractivity contribution in [3.63, 3.8) is 0 Å². The number of ether oxygens (including phenoxy) is 1. The zero-order valence-electron chi connectivity index (χ0n) is 6.79. The Kier molecular flexibility index (Phi) is 3.85. The third-order valence-electron chi connectivity index (χ3n) is 1.42. The number of benzene rings is 1. The summed E-state index contributed by atoms with van der Waals surface area (Å²) in [6.45, 7) is 4.76. The van der Waals surface area contributed by atoms with Gasteiger partial charge in [-0.2, -0.15) is 0 Å². The van der Waals surface area contributed by atoms with E-state index >= 15 is 0 Å². The van der Waals surface area contributed by atoms with Crippen LogP contribution in [0.3, 0.4) is 0 Å². The van der Waals surface area contributed by atoms with E-state index in [4.69, 9.17) is 16.3 Å². The van der Waals surface area contributed by atoms with Gasteiger partial charge in [0.05, 0.1) is 13.2 Å². The quantitative estimate of drug-likeness (QED) is 0.514. The molecular formula is C10H11ClO. The fraction of sp³-hybridized carbons (Fsp3) is 0.200. The van der Waals surface area contributed by atoms with Gasteiger partial charge in [-0.3, -0.25) is 0 Å². The molecule has 0 aliphatic rings. The predicted octanol–water partition coefficient (Wildman–Crippen LogP) is 3.04. The van der Waals surface area contributed by atoms with Crippen LogP contribution in [0.5, 0.6) is 0 Å². The van der Waals surface area contributed by atoms with Crippen molar-refractivity contribution in [1.29, 1.82) is 0 Å². The summed E-state index contributed by atoms with van der Waals surface area (Å²) >= 11 is 5.72. The second kappa shape index (κ2) is 4.96. The van der Waals surface area contributed by atoms with Crippen LogP contribution >= 0.6 is 11.6 Å². The Hall–Kier alpha value is -0.790. The van der Waals surface area contributed by atoms with Crippen LogP contribution in [0.15, 0.2) is 36.9 Å². The molecular weight excluding hydrogens is 172 g/mol. The van der Waals surface area contributed by atoms with Crippen LogP contribution in [-0.4, -0.2) is 6.61 Å². The fourth-order valence-corrected chi connectivity index (χ4v) is 0.967. The highest BCUT2D eigenvalue weighted by Gasteiger charge is 1.91. The van der Waals surface area contributed by atoms with Crippen molar-refractivity contribution in [3.05, 3.63) is 47.5 Å². The van der Waals surface area contributed by atoms with E-state index in [1.54, 1.807) is 6.08 Å². The molecule has 1 aromatic rings. The van der Waals surface area contributed by atoms with E-state index in [1.165, 1.54) is 0 Å². The summed E-state index contributed by atoms with van der Waals surface area (Å²) in [5.41, 5.74) is 1.13. The normalized spacial score (nSPS) is 9.75. The maximum atomic E-state index is 5.72. The largest absolute Gasteiger partial charge is 0.373 e. The lowest BCUT2D eigenvalue weighted by atomic mass is 10.2. The molecule has 64 valence electrons. The van der Waals surface area contributed by atoms with Crippen LogP contribution in [0.4, 0.5) is 0 Å². The number of hydrogen-bond acceptors (Lipinski definition) is 1. The standard InChI is InChI=1S/C10H11ClO/c1-2-7-12-8-9-3-5-10(11)6-4-9/h2-6H,1,7-8H2. The number of hydrogen-bond donors (Lipinski definition) is 0. The van der Waals surface area contributed by atoms with E-state index in [-0.39, 0.29) is 0 Å². The minimum atomic E-state index is 0.586. The Morgan fingerprint density at radius 3 is 2.58 bits per heavy atom. The van der Waals surface area contributed by atoms with Crippen LogP contribution in [0, 0.1) is 0 Å². The molecule has 2 heteroatoms. The predicted molar refractivity (Wildman–Crippen MR) is 51.3 cm³/mol. The molecule has 0 N–H and O–H groups in total. The molecule has 1 nitrogen and oxygen atoms in total. The highest BCUT2D eigenvalue weighted by molar-refractivity contribution is 6.30. The first-order valence-electron chi connectivity index (χ1n) is 3.76. The summed E-state index contributed by atoms with van der Waals surface area (Å²) in [6.07, 6.45) is 1.73. The molecule has 0 aromatic heterocycles. The van der Waals surface area contributed by atoms with E-state index in [0.717, 1.165) is 10.6 Å². The second-order valence-corrected chi connectivity index (χ2v) is 2.87. The van der Waals surface area contributed by atoms with Crippen molar-refractivity contribution in [2.75, 3.05) is 6.61 Å². The smallest absolute Gasteiger partial charge is 0.0721 e. The van der Waals surface area contributed by atoms with E-state index in [9.17, 15) is 0 Å². The third-order valence-corrected chi connectivity index (χ3v) is 1.67. The molecule has 0 spiro atoms. The highest BCUT2D eigenvalue weighted by atomic mass is 35.5. The monoisotopic (exact) mass is 182 g/mol. The zero-order chi connectivity index (χ0) is 8.81. The Bertz CT molecular complexity index is 241. The van der Waals surface area contributed by atoms with E-state index < -0.39 is 0 Å². The third kappa shape index (κ3) is 3.07. The molecule has 1 aromatic carbocycles. The molecule has 0 heterocycles. The van der Waals surface area contributed by atoms with Crippen molar-refractivity contribution >= 4 is 11.6 Å². The molecule has 12 heavy (non-hydrogen) atoms. The number of halogens is 1. The molecule has 0 aliphatic heterocycles. The fourth-order valence-electron chi connectivity index (χ4n) is 0.841. The van der Waals surface area contributed by atoms with Crippen LogP contribution in [-0.2, 0) is 11.3 Å². The van der Waals surface area contributed by atoms with E-state index in [1.807, 2.05) is 24.3 Å². The van der Waals surface area contributed by atoms with Gasteiger partial charge < -0.3 is 4.74 Å². The van der Waals surface area contributed by atoms with Crippen molar-refractivity contribution in [1.82, 2.24) is 0 Å². The van der Waals surface area contributed by atoms with Crippen molar-refractivity contribution < 1.29 is 4.74 Å². The van der Waals surface area contributed by atoms with Gasteiger partial charge in [0.25, 0.3) is 0 Å². The topological polar surface area (TPSA) is 9.23 Å². The Morgan fingerprint density at radius 1 is 1.33 bits per heavy atom. The molecule has 0 aliphatic carbocycles.